The second-order valence-electron chi connectivity index (χ2n) is 8.38. The maximum Gasteiger partial charge on any atom is 0.255 e. The first-order valence-electron chi connectivity index (χ1n) is 10.6. The van der Waals surface area contributed by atoms with Crippen LogP contribution in [0.15, 0.2) is 42.5 Å². The molecule has 30 heavy (non-hydrogen) atoms. The van der Waals surface area contributed by atoms with Crippen molar-refractivity contribution in [1.29, 1.82) is 0 Å². The lowest BCUT2D eigenvalue weighted by atomic mass is 9.78. The Morgan fingerprint density at radius 1 is 1.10 bits per heavy atom. The normalized spacial score (nSPS) is 25.5. The summed E-state index contributed by atoms with van der Waals surface area (Å²) < 4.78 is 11.5. The van der Waals surface area contributed by atoms with Gasteiger partial charge >= 0.3 is 0 Å². The molecule has 0 radical (unpaired) electrons. The van der Waals surface area contributed by atoms with Crippen LogP contribution in [0.4, 0.5) is 5.69 Å². The number of hydrogen-bond donors (Lipinski definition) is 2. The van der Waals surface area contributed by atoms with Gasteiger partial charge in [-0.3, -0.25) is 4.79 Å². The molecule has 4 rings (SSSR count). The predicted octanol–water partition coefficient (Wildman–Crippen LogP) is 3.34. The van der Waals surface area contributed by atoms with E-state index in [1.165, 1.54) is 0 Å². The number of carbonyl (C=O) groups is 1. The molecule has 1 saturated carbocycles. The Labute approximate surface area is 177 Å². The molecule has 2 aromatic carbocycles. The average molecular weight is 411 g/mol. The number of anilines is 1. The van der Waals surface area contributed by atoms with E-state index in [1.54, 1.807) is 7.11 Å². The van der Waals surface area contributed by atoms with Crippen molar-refractivity contribution in [2.45, 2.75) is 32.0 Å². The quantitative estimate of drug-likeness (QED) is 0.791. The van der Waals surface area contributed by atoms with Gasteiger partial charge in [0.2, 0.25) is 0 Å². The van der Waals surface area contributed by atoms with E-state index in [1.807, 2.05) is 61.3 Å². The molecule has 1 aliphatic heterocycles. The molecule has 2 fully saturated rings. The van der Waals surface area contributed by atoms with E-state index in [0.717, 1.165) is 17.7 Å². The molecular weight excluding hydrogens is 380 g/mol. The molecule has 6 nitrogen and oxygen atoms in total. The average Bonchev–Trinajstić information content (AvgIpc) is 3.16. The number of likely N-dealkylation sites (tertiary alicyclic amines) is 1. The molecule has 2 aromatic rings. The summed E-state index contributed by atoms with van der Waals surface area (Å²) in [6.45, 7) is 3.37. The SMILES string of the molecule is CNc1ccc(C)cc1C(=O)N1C[C@H]2C[C@@H](Oc3ccccc3OC)[C@H](O)C[C@H]2C1. The van der Waals surface area contributed by atoms with Gasteiger partial charge < -0.3 is 24.8 Å². The van der Waals surface area contributed by atoms with Gasteiger partial charge in [-0.15, -0.1) is 0 Å². The minimum absolute atomic E-state index is 0.0501. The summed E-state index contributed by atoms with van der Waals surface area (Å²) in [5.74, 6) is 1.97. The number of aliphatic hydroxyl groups excluding tert-OH is 1. The van der Waals surface area contributed by atoms with E-state index in [2.05, 4.69) is 5.32 Å². The maximum absolute atomic E-state index is 13.2. The van der Waals surface area contributed by atoms with Gasteiger partial charge in [0, 0.05) is 25.8 Å². The number of aliphatic hydroxyl groups is 1. The largest absolute Gasteiger partial charge is 0.493 e. The van der Waals surface area contributed by atoms with Crippen LogP contribution >= 0.6 is 0 Å². The summed E-state index contributed by atoms with van der Waals surface area (Å²) in [4.78, 5) is 15.2. The zero-order valence-electron chi connectivity index (χ0n) is 17.8. The van der Waals surface area contributed by atoms with Gasteiger partial charge in [0.05, 0.1) is 18.8 Å². The van der Waals surface area contributed by atoms with Crippen LogP contribution in [0.1, 0.15) is 28.8 Å². The third kappa shape index (κ3) is 3.97. The summed E-state index contributed by atoms with van der Waals surface area (Å²) in [7, 11) is 3.45. The predicted molar refractivity (Wildman–Crippen MR) is 116 cm³/mol. The molecule has 0 unspecified atom stereocenters. The van der Waals surface area contributed by atoms with Gasteiger partial charge in [0.15, 0.2) is 11.5 Å². The molecule has 1 heterocycles. The monoisotopic (exact) mass is 410 g/mol. The summed E-state index contributed by atoms with van der Waals surface area (Å²) in [5, 5.41) is 13.8. The second-order valence-corrected chi connectivity index (χ2v) is 8.38. The van der Waals surface area contributed by atoms with Crippen LogP contribution < -0.4 is 14.8 Å². The summed E-state index contributed by atoms with van der Waals surface area (Å²) in [6.07, 6.45) is 0.504. The smallest absolute Gasteiger partial charge is 0.255 e. The van der Waals surface area contributed by atoms with Gasteiger partial charge in [-0.05, 0) is 55.9 Å². The fourth-order valence-electron chi connectivity index (χ4n) is 4.79. The van der Waals surface area contributed by atoms with E-state index in [4.69, 9.17) is 9.47 Å². The molecular formula is C24H30N2O4. The maximum atomic E-state index is 13.2. The number of rotatable bonds is 5. The van der Waals surface area contributed by atoms with Crippen LogP contribution in [0.3, 0.4) is 0 Å². The van der Waals surface area contributed by atoms with Gasteiger partial charge in [-0.1, -0.05) is 23.8 Å². The topological polar surface area (TPSA) is 71.0 Å². The molecule has 1 amide bonds. The minimum atomic E-state index is -0.557. The number of ether oxygens (including phenoxy) is 2. The fraction of sp³-hybridized carbons (Fsp3) is 0.458. The van der Waals surface area contributed by atoms with Crippen LogP contribution in [0.2, 0.25) is 0 Å². The number of nitrogens with one attached hydrogen (secondary N) is 1. The lowest BCUT2D eigenvalue weighted by Crippen LogP contribution is -2.42. The number of nitrogens with zero attached hydrogens (tertiary/aromatic N) is 1. The first kappa shape index (κ1) is 20.5. The summed E-state index contributed by atoms with van der Waals surface area (Å²) in [6, 6.07) is 13.4. The standard InChI is InChI=1S/C24H30N2O4/c1-15-8-9-19(25-2)18(10-15)24(28)26-13-16-11-20(27)23(12-17(16)14-26)30-22-7-5-4-6-21(22)29-3/h4-10,16-17,20,23,25,27H,11-14H2,1-3H3/t16-,17+,20+,23+/m0/s1. The highest BCUT2D eigenvalue weighted by molar-refractivity contribution is 6.00. The molecule has 6 heteroatoms. The lowest BCUT2D eigenvalue weighted by Gasteiger charge is -2.35. The fourth-order valence-corrected chi connectivity index (χ4v) is 4.79. The molecule has 2 N–H and O–H groups in total. The van der Waals surface area contributed by atoms with E-state index < -0.39 is 6.10 Å². The number of fused-ring (bicyclic) bond motifs is 1. The van der Waals surface area contributed by atoms with Gasteiger partial charge in [0.1, 0.15) is 6.10 Å². The van der Waals surface area contributed by atoms with Crippen LogP contribution in [0.25, 0.3) is 0 Å². The van der Waals surface area contributed by atoms with E-state index in [-0.39, 0.29) is 12.0 Å². The molecule has 1 saturated heterocycles. The Morgan fingerprint density at radius 3 is 2.50 bits per heavy atom. The second kappa shape index (κ2) is 8.56. The molecule has 2 aliphatic rings. The molecule has 0 bridgehead atoms. The minimum Gasteiger partial charge on any atom is -0.493 e. The van der Waals surface area contributed by atoms with E-state index in [9.17, 15) is 9.90 Å². The Morgan fingerprint density at radius 2 is 1.80 bits per heavy atom. The number of carbonyl (C=O) groups excluding carboxylic acids is 1. The zero-order chi connectivity index (χ0) is 21.3. The summed E-state index contributed by atoms with van der Waals surface area (Å²) >= 11 is 0. The van der Waals surface area contributed by atoms with Crippen molar-refractivity contribution in [3.63, 3.8) is 0 Å². The van der Waals surface area contributed by atoms with Crippen molar-refractivity contribution in [2.75, 3.05) is 32.6 Å². The Bertz CT molecular complexity index is 916. The lowest BCUT2D eigenvalue weighted by molar-refractivity contribution is -0.0240. The molecule has 0 spiro atoms. The third-order valence-corrected chi connectivity index (χ3v) is 6.39. The summed E-state index contributed by atoms with van der Waals surface area (Å²) in [5.41, 5.74) is 2.62. The van der Waals surface area contributed by atoms with Crippen molar-refractivity contribution in [2.24, 2.45) is 11.8 Å². The van der Waals surface area contributed by atoms with Crippen molar-refractivity contribution < 1.29 is 19.4 Å². The molecule has 1 aliphatic carbocycles. The first-order valence-corrected chi connectivity index (χ1v) is 10.6. The number of amides is 1. The number of aryl methyl sites for hydroxylation is 1. The first-order chi connectivity index (χ1) is 14.5. The van der Waals surface area contributed by atoms with Crippen molar-refractivity contribution >= 4 is 11.6 Å². The Balaban J connectivity index is 1.47. The highest BCUT2D eigenvalue weighted by Crippen LogP contribution is 2.40. The van der Waals surface area contributed by atoms with Crippen molar-refractivity contribution in [3.8, 4) is 11.5 Å². The number of hydrogen-bond acceptors (Lipinski definition) is 5. The molecule has 160 valence electrons. The van der Waals surface area contributed by atoms with Gasteiger partial charge in [-0.25, -0.2) is 0 Å². The van der Waals surface area contributed by atoms with Crippen LogP contribution in [-0.4, -0.2) is 55.4 Å². The van der Waals surface area contributed by atoms with Crippen molar-refractivity contribution in [1.82, 2.24) is 4.90 Å². The van der Waals surface area contributed by atoms with E-state index in [0.29, 0.717) is 48.4 Å². The van der Waals surface area contributed by atoms with Crippen molar-refractivity contribution in [3.05, 3.63) is 53.6 Å². The van der Waals surface area contributed by atoms with Crippen LogP contribution in [-0.2, 0) is 0 Å². The van der Waals surface area contributed by atoms with Crippen LogP contribution in [0.5, 0.6) is 11.5 Å². The highest BCUT2D eigenvalue weighted by atomic mass is 16.5. The number of benzene rings is 2. The van der Waals surface area contributed by atoms with E-state index >= 15 is 0 Å². The van der Waals surface area contributed by atoms with Crippen LogP contribution in [0, 0.1) is 18.8 Å². The van der Waals surface area contributed by atoms with Gasteiger partial charge in [-0.2, -0.15) is 0 Å². The zero-order valence-corrected chi connectivity index (χ0v) is 17.8. The Hall–Kier alpha value is -2.73. The number of methoxy groups -OCH3 is 1. The third-order valence-electron chi connectivity index (χ3n) is 6.39. The molecule has 0 aromatic heterocycles. The number of para-hydroxylation sites is 2. The van der Waals surface area contributed by atoms with Gasteiger partial charge in [0.25, 0.3) is 5.91 Å². The molecule has 4 atom stereocenters. The Kier molecular flexibility index (Phi) is 5.86. The highest BCUT2D eigenvalue weighted by Gasteiger charge is 2.44.